The molecule has 0 saturated carbocycles. The summed E-state index contributed by atoms with van der Waals surface area (Å²) in [7, 11) is -7.33. The molecule has 170 valence electrons. The SMILES string of the molecule is C[C@H](CCCS(=O)(=O)N1CCC1)N(c1cc(Cl)ccc1Cl)S(=O)(=O)c1ccc(Cl)cc1. The number of hydrogen-bond donors (Lipinski definition) is 0. The van der Waals surface area contributed by atoms with Crippen LogP contribution in [0.4, 0.5) is 5.69 Å². The zero-order valence-corrected chi connectivity index (χ0v) is 20.7. The molecule has 0 spiro atoms. The molecule has 1 aliphatic rings. The van der Waals surface area contributed by atoms with E-state index in [0.29, 0.717) is 36.0 Å². The number of rotatable bonds is 9. The average Bonchev–Trinajstić information content (AvgIpc) is 2.63. The molecular formula is C20H23Cl3N2O4S2. The van der Waals surface area contributed by atoms with Gasteiger partial charge in [0.1, 0.15) is 0 Å². The highest BCUT2D eigenvalue weighted by Crippen LogP contribution is 2.35. The minimum atomic E-state index is -4.01. The Labute approximate surface area is 198 Å². The van der Waals surface area contributed by atoms with Gasteiger partial charge in [-0.3, -0.25) is 4.31 Å². The van der Waals surface area contributed by atoms with Crippen LogP contribution in [0.25, 0.3) is 0 Å². The van der Waals surface area contributed by atoms with E-state index in [0.717, 1.165) is 6.42 Å². The van der Waals surface area contributed by atoms with E-state index in [1.54, 1.807) is 13.0 Å². The van der Waals surface area contributed by atoms with Crippen molar-refractivity contribution in [2.75, 3.05) is 23.1 Å². The fourth-order valence-corrected chi connectivity index (χ4v) is 7.20. The molecule has 1 fully saturated rings. The van der Waals surface area contributed by atoms with Crippen LogP contribution in [0, 0.1) is 0 Å². The maximum Gasteiger partial charge on any atom is 0.264 e. The van der Waals surface area contributed by atoms with Crippen molar-refractivity contribution in [1.29, 1.82) is 0 Å². The van der Waals surface area contributed by atoms with E-state index in [2.05, 4.69) is 0 Å². The highest BCUT2D eigenvalue weighted by Gasteiger charge is 2.32. The predicted molar refractivity (Wildman–Crippen MR) is 126 cm³/mol. The first-order valence-electron chi connectivity index (χ1n) is 9.75. The summed E-state index contributed by atoms with van der Waals surface area (Å²) in [5.41, 5.74) is 0.238. The molecule has 0 unspecified atom stereocenters. The molecule has 2 aromatic carbocycles. The molecule has 0 amide bonds. The normalized spacial score (nSPS) is 16.0. The van der Waals surface area contributed by atoms with Crippen molar-refractivity contribution in [3.8, 4) is 0 Å². The standard InChI is InChI=1S/C20H23Cl3N2O4S2/c1-15(4-2-13-30(26,27)24-11-3-12-24)25(20-14-17(22)7-10-19(20)23)31(28,29)18-8-5-16(21)6-9-18/h5-10,14-15H,2-4,11-13H2,1H3/t15-/m1/s1. The van der Waals surface area contributed by atoms with E-state index in [4.69, 9.17) is 34.8 Å². The Morgan fingerprint density at radius 1 is 0.968 bits per heavy atom. The quantitative estimate of drug-likeness (QED) is 0.459. The predicted octanol–water partition coefficient (Wildman–Crippen LogP) is 5.05. The van der Waals surface area contributed by atoms with Crippen molar-refractivity contribution in [1.82, 2.24) is 4.31 Å². The molecule has 0 aliphatic carbocycles. The first-order valence-corrected chi connectivity index (χ1v) is 13.9. The summed E-state index contributed by atoms with van der Waals surface area (Å²) in [4.78, 5) is 0.0491. The molecule has 1 atom stereocenters. The van der Waals surface area contributed by atoms with Gasteiger partial charge in [0.15, 0.2) is 0 Å². The van der Waals surface area contributed by atoms with E-state index in [1.807, 2.05) is 0 Å². The Hall–Kier alpha value is -1.03. The second-order valence-corrected chi connectivity index (χ2v) is 12.6. The zero-order chi connectivity index (χ0) is 22.8. The van der Waals surface area contributed by atoms with Gasteiger partial charge in [0, 0.05) is 29.2 Å². The third-order valence-electron chi connectivity index (χ3n) is 5.15. The van der Waals surface area contributed by atoms with Crippen LogP contribution in [0.15, 0.2) is 47.4 Å². The van der Waals surface area contributed by atoms with Gasteiger partial charge in [-0.1, -0.05) is 34.8 Å². The summed E-state index contributed by atoms with van der Waals surface area (Å²) in [6.07, 6.45) is 1.50. The molecule has 0 radical (unpaired) electrons. The summed E-state index contributed by atoms with van der Waals surface area (Å²) < 4.78 is 54.4. The Kier molecular flexibility index (Phi) is 7.82. The number of hydrogen-bond acceptors (Lipinski definition) is 4. The molecule has 1 aliphatic heterocycles. The smallest absolute Gasteiger partial charge is 0.262 e. The Balaban J connectivity index is 1.90. The van der Waals surface area contributed by atoms with Gasteiger partial charge in [-0.05, 0) is 68.7 Å². The van der Waals surface area contributed by atoms with E-state index in [9.17, 15) is 16.8 Å². The fraction of sp³-hybridized carbons (Fsp3) is 0.400. The lowest BCUT2D eigenvalue weighted by Crippen LogP contribution is -2.43. The van der Waals surface area contributed by atoms with Gasteiger partial charge < -0.3 is 0 Å². The van der Waals surface area contributed by atoms with Crippen LogP contribution >= 0.6 is 34.8 Å². The van der Waals surface area contributed by atoms with Crippen molar-refractivity contribution < 1.29 is 16.8 Å². The van der Waals surface area contributed by atoms with Crippen LogP contribution in [0.5, 0.6) is 0 Å². The molecule has 6 nitrogen and oxygen atoms in total. The lowest BCUT2D eigenvalue weighted by atomic mass is 10.2. The topological polar surface area (TPSA) is 74.8 Å². The van der Waals surface area contributed by atoms with Gasteiger partial charge in [0.05, 0.1) is 21.4 Å². The third-order valence-corrected chi connectivity index (χ3v) is 9.85. The highest BCUT2D eigenvalue weighted by molar-refractivity contribution is 7.93. The van der Waals surface area contributed by atoms with E-state index in [1.165, 1.54) is 45.0 Å². The molecule has 2 aromatic rings. The second kappa shape index (κ2) is 9.85. The number of benzene rings is 2. The Bertz CT molecular complexity index is 1140. The molecule has 11 heteroatoms. The summed E-state index contributed by atoms with van der Waals surface area (Å²) >= 11 is 18.4. The lowest BCUT2D eigenvalue weighted by Gasteiger charge is -2.32. The van der Waals surface area contributed by atoms with Crippen LogP contribution in [0.2, 0.25) is 15.1 Å². The van der Waals surface area contributed by atoms with Gasteiger partial charge in [0.25, 0.3) is 10.0 Å². The number of halogens is 3. The van der Waals surface area contributed by atoms with Crippen LogP contribution in [-0.4, -0.2) is 46.0 Å². The average molecular weight is 526 g/mol. The minimum absolute atomic E-state index is 0.0323. The molecule has 1 heterocycles. The Morgan fingerprint density at radius 3 is 2.16 bits per heavy atom. The third kappa shape index (κ3) is 5.67. The summed E-state index contributed by atoms with van der Waals surface area (Å²) in [5.74, 6) is -0.0323. The van der Waals surface area contributed by atoms with Crippen molar-refractivity contribution in [3.05, 3.63) is 57.5 Å². The van der Waals surface area contributed by atoms with Crippen LogP contribution in [0.3, 0.4) is 0 Å². The summed E-state index contributed by atoms with van der Waals surface area (Å²) in [6.45, 7) is 2.82. The fourth-order valence-electron chi connectivity index (χ4n) is 3.35. The van der Waals surface area contributed by atoms with Crippen molar-refractivity contribution in [2.45, 2.75) is 37.1 Å². The molecule has 0 N–H and O–H groups in total. The Morgan fingerprint density at radius 2 is 1.58 bits per heavy atom. The summed E-state index contributed by atoms with van der Waals surface area (Å²) in [5, 5.41) is 0.973. The maximum atomic E-state index is 13.5. The van der Waals surface area contributed by atoms with E-state index >= 15 is 0 Å². The lowest BCUT2D eigenvalue weighted by molar-refractivity contribution is 0.309. The number of nitrogens with zero attached hydrogens (tertiary/aromatic N) is 2. The van der Waals surface area contributed by atoms with Crippen molar-refractivity contribution in [2.24, 2.45) is 0 Å². The first kappa shape index (κ1) is 24.6. The van der Waals surface area contributed by atoms with Crippen LogP contribution < -0.4 is 4.31 Å². The van der Waals surface area contributed by atoms with Gasteiger partial charge in [-0.2, -0.15) is 0 Å². The van der Waals surface area contributed by atoms with Gasteiger partial charge >= 0.3 is 0 Å². The van der Waals surface area contributed by atoms with Crippen molar-refractivity contribution >= 4 is 60.5 Å². The molecule has 31 heavy (non-hydrogen) atoms. The second-order valence-electron chi connectivity index (χ2n) is 7.41. The number of anilines is 1. The molecule has 1 saturated heterocycles. The molecular weight excluding hydrogens is 503 g/mol. The summed E-state index contributed by atoms with van der Waals surface area (Å²) in [6, 6.07) is 9.87. The largest absolute Gasteiger partial charge is 0.264 e. The van der Waals surface area contributed by atoms with Crippen LogP contribution in [0.1, 0.15) is 26.2 Å². The first-order chi connectivity index (χ1) is 14.5. The monoisotopic (exact) mass is 524 g/mol. The van der Waals surface area contributed by atoms with E-state index < -0.39 is 26.1 Å². The highest BCUT2D eigenvalue weighted by atomic mass is 35.5. The van der Waals surface area contributed by atoms with E-state index in [-0.39, 0.29) is 21.4 Å². The molecule has 3 rings (SSSR count). The van der Waals surface area contributed by atoms with Gasteiger partial charge in [-0.15, -0.1) is 0 Å². The number of sulfonamides is 2. The maximum absolute atomic E-state index is 13.5. The van der Waals surface area contributed by atoms with Crippen LogP contribution in [-0.2, 0) is 20.0 Å². The zero-order valence-electron chi connectivity index (χ0n) is 16.8. The molecule has 0 bridgehead atoms. The van der Waals surface area contributed by atoms with Crippen molar-refractivity contribution in [3.63, 3.8) is 0 Å². The molecule has 0 aromatic heterocycles. The van der Waals surface area contributed by atoms with Gasteiger partial charge in [0.2, 0.25) is 10.0 Å². The van der Waals surface area contributed by atoms with Gasteiger partial charge in [-0.25, -0.2) is 21.1 Å². The minimum Gasteiger partial charge on any atom is -0.262 e.